The van der Waals surface area contributed by atoms with E-state index in [0.717, 1.165) is 11.3 Å². The Bertz CT molecular complexity index is 398. The maximum atomic E-state index is 10.6. The van der Waals surface area contributed by atoms with Crippen molar-refractivity contribution in [2.45, 2.75) is 12.5 Å². The molecule has 0 aliphatic rings. The molecule has 0 spiro atoms. The Labute approximate surface area is 151 Å². The van der Waals surface area contributed by atoms with Crippen molar-refractivity contribution in [2.24, 2.45) is 5.73 Å². The number of hydrogen-bond acceptors (Lipinski definition) is 4. The summed E-state index contributed by atoms with van der Waals surface area (Å²) in [7, 11) is 0. The van der Waals surface area contributed by atoms with E-state index in [1.807, 2.05) is 24.3 Å². The molecule has 1 unspecified atom stereocenters. The van der Waals surface area contributed by atoms with E-state index >= 15 is 0 Å². The molecule has 0 amide bonds. The summed E-state index contributed by atoms with van der Waals surface area (Å²) in [5.74, 6) is -0.197. The zero-order chi connectivity index (χ0) is 14.3. The molecule has 0 bridgehead atoms. The largest absolute Gasteiger partial charge is 1.00 e. The number of nitrogens with two attached hydrogens (primary N) is 1. The van der Waals surface area contributed by atoms with Gasteiger partial charge in [0.1, 0.15) is 0 Å². The van der Waals surface area contributed by atoms with Crippen LogP contribution in [0.25, 0.3) is 0 Å². The quantitative estimate of drug-likeness (QED) is 0.427. The monoisotopic (exact) mass is 326 g/mol. The summed E-state index contributed by atoms with van der Waals surface area (Å²) in [6, 6.07) is 6.56. The van der Waals surface area contributed by atoms with Gasteiger partial charge in [0.05, 0.1) is 5.97 Å². The van der Waals surface area contributed by atoms with Gasteiger partial charge in [-0.1, -0.05) is 12.1 Å². The number of rotatable bonds is 8. The van der Waals surface area contributed by atoms with E-state index in [2.05, 4.69) is 4.90 Å². The maximum absolute atomic E-state index is 10.6. The summed E-state index contributed by atoms with van der Waals surface area (Å²) in [5, 5.41) is 10.6. The summed E-state index contributed by atoms with van der Waals surface area (Å²) >= 11 is 11.5. The van der Waals surface area contributed by atoms with Gasteiger partial charge in [0.2, 0.25) is 0 Å². The number of aliphatic carboxylic acids is 1. The van der Waals surface area contributed by atoms with Crippen LogP contribution in [0.15, 0.2) is 24.3 Å². The third-order valence-electron chi connectivity index (χ3n) is 2.77. The molecule has 0 radical (unpaired) electrons. The fourth-order valence-electron chi connectivity index (χ4n) is 1.75. The summed E-state index contributed by atoms with van der Waals surface area (Å²) in [4.78, 5) is 12.6. The van der Waals surface area contributed by atoms with E-state index < -0.39 is 12.0 Å². The number of anilines is 1. The third-order valence-corrected chi connectivity index (χ3v) is 3.11. The molecule has 4 nitrogen and oxygen atoms in total. The molecule has 0 fully saturated rings. The number of carboxylic acids is 1. The van der Waals surface area contributed by atoms with Gasteiger partial charge in [0.25, 0.3) is 0 Å². The van der Waals surface area contributed by atoms with Crippen LogP contribution in [0, 0.1) is 0 Å². The van der Waals surface area contributed by atoms with Gasteiger partial charge in [-0.15, -0.1) is 23.2 Å². The van der Waals surface area contributed by atoms with Crippen LogP contribution in [0.1, 0.15) is 5.56 Å². The van der Waals surface area contributed by atoms with Crippen LogP contribution in [0.4, 0.5) is 5.69 Å². The minimum atomic E-state index is -1.24. The van der Waals surface area contributed by atoms with Gasteiger partial charge < -0.3 is 20.5 Å². The first-order valence-corrected chi connectivity index (χ1v) is 7.07. The third kappa shape index (κ3) is 6.66. The van der Waals surface area contributed by atoms with Gasteiger partial charge in [-0.3, -0.25) is 0 Å². The number of benzene rings is 1. The Hall–Kier alpha value is 0.0300. The van der Waals surface area contributed by atoms with Crippen molar-refractivity contribution >= 4 is 34.9 Å². The second-order valence-electron chi connectivity index (χ2n) is 4.16. The maximum Gasteiger partial charge on any atom is 1.00 e. The van der Waals surface area contributed by atoms with Crippen molar-refractivity contribution in [1.82, 2.24) is 0 Å². The minimum Gasteiger partial charge on any atom is -0.548 e. The molecule has 0 aliphatic carbocycles. The van der Waals surface area contributed by atoms with Crippen LogP contribution < -0.4 is 45.3 Å². The molecule has 2 N–H and O–H groups in total. The number of carboxylic acid groups (broad SMARTS) is 1. The van der Waals surface area contributed by atoms with Gasteiger partial charge in [0.15, 0.2) is 0 Å². The summed E-state index contributed by atoms with van der Waals surface area (Å²) in [5.41, 5.74) is 7.30. The van der Waals surface area contributed by atoms with Gasteiger partial charge in [-0.2, -0.15) is 0 Å². The van der Waals surface area contributed by atoms with Crippen molar-refractivity contribution in [1.29, 1.82) is 0 Å². The number of carbonyl (C=O) groups excluding carboxylic acids is 1. The fraction of sp³-hybridized carbons (Fsp3) is 0.462. The minimum absolute atomic E-state index is 0. The van der Waals surface area contributed by atoms with E-state index in [9.17, 15) is 9.90 Å². The standard InChI is InChI=1S/C13H18Cl2N2O2.Na/c14-5-7-17(8-6-15)11-3-1-10(2-4-11)9-12(16)13(18)19;/h1-4,12H,5-9,16H2,(H,18,19);/q;+1/p-1. The number of hydrogen-bond donors (Lipinski definition) is 1. The van der Waals surface area contributed by atoms with Crippen molar-refractivity contribution in [3.05, 3.63) is 29.8 Å². The zero-order valence-corrected chi connectivity index (χ0v) is 15.0. The Balaban J connectivity index is 0.00000361. The molecule has 1 aromatic rings. The van der Waals surface area contributed by atoms with Crippen LogP contribution >= 0.6 is 23.2 Å². The molecule has 1 aromatic carbocycles. The Morgan fingerprint density at radius 1 is 1.20 bits per heavy atom. The summed E-state index contributed by atoms with van der Waals surface area (Å²) < 4.78 is 0. The van der Waals surface area contributed by atoms with Gasteiger partial charge in [-0.05, 0) is 24.1 Å². The van der Waals surface area contributed by atoms with Crippen LogP contribution in [-0.2, 0) is 11.2 Å². The van der Waals surface area contributed by atoms with Crippen molar-refractivity contribution < 1.29 is 39.5 Å². The number of carbonyl (C=O) groups is 1. The molecule has 0 heterocycles. The van der Waals surface area contributed by atoms with E-state index in [1.165, 1.54) is 0 Å². The normalized spacial score (nSPS) is 11.6. The van der Waals surface area contributed by atoms with Gasteiger partial charge in [-0.25, -0.2) is 0 Å². The van der Waals surface area contributed by atoms with E-state index in [4.69, 9.17) is 28.9 Å². The predicted octanol–water partition coefficient (Wildman–Crippen LogP) is -2.41. The number of nitrogens with zero attached hydrogens (tertiary/aromatic N) is 1. The first-order valence-electron chi connectivity index (χ1n) is 6.00. The van der Waals surface area contributed by atoms with Crippen molar-refractivity contribution in [2.75, 3.05) is 29.7 Å². The fourth-order valence-corrected chi connectivity index (χ4v) is 2.16. The van der Waals surface area contributed by atoms with Crippen LogP contribution in [0.3, 0.4) is 0 Å². The molecule has 7 heteroatoms. The Morgan fingerprint density at radius 2 is 1.70 bits per heavy atom. The predicted molar refractivity (Wildman–Crippen MR) is 76.8 cm³/mol. The average molecular weight is 327 g/mol. The van der Waals surface area contributed by atoms with Crippen LogP contribution in [0.5, 0.6) is 0 Å². The molecule has 1 rings (SSSR count). The topological polar surface area (TPSA) is 69.4 Å². The summed E-state index contributed by atoms with van der Waals surface area (Å²) in [6.45, 7) is 1.43. The average Bonchev–Trinajstić information content (AvgIpc) is 2.39. The van der Waals surface area contributed by atoms with Gasteiger partial charge in [0, 0.05) is 36.6 Å². The first-order chi connectivity index (χ1) is 9.08. The number of alkyl halides is 2. The molecule has 0 saturated heterocycles. The number of halogens is 2. The second kappa shape index (κ2) is 10.7. The van der Waals surface area contributed by atoms with E-state index in [1.54, 1.807) is 0 Å². The molecule has 20 heavy (non-hydrogen) atoms. The molecule has 1 atom stereocenters. The van der Waals surface area contributed by atoms with E-state index in [-0.39, 0.29) is 36.0 Å². The second-order valence-corrected chi connectivity index (χ2v) is 4.92. The summed E-state index contributed by atoms with van der Waals surface area (Å²) in [6.07, 6.45) is 0.258. The van der Waals surface area contributed by atoms with Crippen molar-refractivity contribution in [3.8, 4) is 0 Å². The Kier molecular flexibility index (Phi) is 10.7. The molecular formula is C13H17Cl2N2NaO2. The smallest absolute Gasteiger partial charge is 0.548 e. The van der Waals surface area contributed by atoms with Crippen molar-refractivity contribution in [3.63, 3.8) is 0 Å². The van der Waals surface area contributed by atoms with Crippen LogP contribution in [-0.4, -0.2) is 36.9 Å². The van der Waals surface area contributed by atoms with Crippen LogP contribution in [0.2, 0.25) is 0 Å². The SMILES string of the molecule is NC(Cc1ccc(N(CCCl)CCCl)cc1)C(=O)[O-].[Na+]. The molecular weight excluding hydrogens is 310 g/mol. The van der Waals surface area contributed by atoms with E-state index in [0.29, 0.717) is 24.8 Å². The molecule has 0 saturated carbocycles. The molecule has 106 valence electrons. The zero-order valence-electron chi connectivity index (χ0n) is 11.5. The Morgan fingerprint density at radius 3 is 2.10 bits per heavy atom. The molecule has 0 aliphatic heterocycles. The van der Waals surface area contributed by atoms with Gasteiger partial charge >= 0.3 is 29.6 Å². The molecule has 0 aromatic heterocycles. The first kappa shape index (κ1) is 20.0.